The van der Waals surface area contributed by atoms with Crippen LogP contribution in [0, 0.1) is 88.2 Å². The molecule has 5 nitrogen and oxygen atoms in total. The van der Waals surface area contributed by atoms with Gasteiger partial charge in [0, 0.05) is 101 Å². The van der Waals surface area contributed by atoms with Crippen LogP contribution in [0.2, 0.25) is 0 Å². The van der Waals surface area contributed by atoms with E-state index in [0.717, 1.165) is 43.5 Å². The smallest absolute Gasteiger partial charge is 0.143 e. The van der Waals surface area contributed by atoms with Crippen LogP contribution in [-0.2, 0) is 0 Å². The molecular weight excluding hydrogens is 1060 g/mol. The van der Waals surface area contributed by atoms with Gasteiger partial charge in [0.25, 0.3) is 0 Å². The number of hydrogen-bond acceptors (Lipinski definition) is 5. The molecule has 234 valence electrons. The summed E-state index contributed by atoms with van der Waals surface area (Å²) in [5, 5.41) is 53.3. The van der Waals surface area contributed by atoms with Crippen molar-refractivity contribution in [2.45, 2.75) is 13.8 Å². The molecule has 0 saturated heterocycles. The molecule has 0 amide bonds. The van der Waals surface area contributed by atoms with Gasteiger partial charge in [-0.25, -0.2) is 0 Å². The molecular formula is C42H26O5U2-2. The van der Waals surface area contributed by atoms with Gasteiger partial charge in [-0.15, -0.1) is 27.5 Å². The summed E-state index contributed by atoms with van der Waals surface area (Å²) in [6.45, 7) is 3.57. The first-order valence-electron chi connectivity index (χ1n) is 15.3. The van der Waals surface area contributed by atoms with E-state index in [4.69, 9.17) is 4.42 Å². The molecule has 7 heteroatoms. The molecule has 0 atom stereocenters. The zero-order valence-electron chi connectivity index (χ0n) is 26.4. The second kappa shape index (κ2) is 12.3. The summed E-state index contributed by atoms with van der Waals surface area (Å²) in [5.74, 6) is -0.892. The average Bonchev–Trinajstić information content (AvgIpc) is 3.46. The Morgan fingerprint density at radius 2 is 0.980 bits per heavy atom. The van der Waals surface area contributed by atoms with Gasteiger partial charge in [-0.2, -0.15) is 0 Å². The number of hydrogen-bond donors (Lipinski definition) is 4. The van der Waals surface area contributed by atoms with E-state index in [1.165, 1.54) is 0 Å². The molecule has 1 heterocycles. The van der Waals surface area contributed by atoms with Crippen LogP contribution in [-0.4, -0.2) is 20.4 Å². The molecule has 8 aromatic carbocycles. The second-order valence-corrected chi connectivity index (χ2v) is 12.2. The Morgan fingerprint density at radius 3 is 1.65 bits per heavy atom. The fourth-order valence-electron chi connectivity index (χ4n) is 7.33. The Labute approximate surface area is 328 Å². The van der Waals surface area contributed by atoms with E-state index in [0.29, 0.717) is 54.9 Å². The van der Waals surface area contributed by atoms with Gasteiger partial charge in [-0.1, -0.05) is 115 Å². The average molecular weight is 1090 g/mol. The molecule has 1 aromatic heterocycles. The van der Waals surface area contributed by atoms with Crippen molar-refractivity contribution >= 4 is 65.0 Å². The van der Waals surface area contributed by atoms with Crippen LogP contribution in [0.15, 0.2) is 101 Å². The van der Waals surface area contributed by atoms with Crippen molar-refractivity contribution in [2.24, 2.45) is 0 Å². The van der Waals surface area contributed by atoms with Gasteiger partial charge in [0.05, 0.1) is 0 Å². The minimum Gasteiger partial charge on any atom is -0.534 e. The molecule has 4 N–H and O–H groups in total. The summed E-state index contributed by atoms with van der Waals surface area (Å²) >= 11 is 0. The van der Waals surface area contributed by atoms with Crippen molar-refractivity contribution in [3.63, 3.8) is 0 Å². The molecule has 0 spiro atoms. The third-order valence-electron chi connectivity index (χ3n) is 9.60. The van der Waals surface area contributed by atoms with Gasteiger partial charge in [-0.05, 0) is 51.6 Å². The number of rotatable bonds is 2. The van der Waals surface area contributed by atoms with Crippen molar-refractivity contribution in [2.75, 3.05) is 0 Å². The maximum Gasteiger partial charge on any atom is 0.143 e. The third kappa shape index (κ3) is 4.94. The summed E-state index contributed by atoms with van der Waals surface area (Å²) in [4.78, 5) is 0. The van der Waals surface area contributed by atoms with Crippen LogP contribution in [0.25, 0.3) is 87.3 Å². The number of benzene rings is 8. The van der Waals surface area contributed by atoms with Crippen molar-refractivity contribution < 1.29 is 87.1 Å². The molecule has 0 fully saturated rings. The maximum absolute atomic E-state index is 11.6. The number of aryl methyl sites for hydroxylation is 2. The van der Waals surface area contributed by atoms with Crippen LogP contribution in [0.4, 0.5) is 0 Å². The SMILES string of the molecule is Cc1c(O)[c-]c(O)c2c(-c3ccc4c(c3)oc3c5ccccc5ccc43)c3c(O)[c-]c(O)c(C)c3c(-c3ccc4ccccc4c3)c12.[U].[U]. The molecule has 0 aliphatic heterocycles. The Balaban J connectivity index is 0.00000189. The van der Waals surface area contributed by atoms with Gasteiger partial charge in [-0.3, -0.25) is 0 Å². The van der Waals surface area contributed by atoms with Gasteiger partial charge in [0.1, 0.15) is 11.2 Å². The van der Waals surface area contributed by atoms with Crippen LogP contribution >= 0.6 is 0 Å². The second-order valence-electron chi connectivity index (χ2n) is 12.2. The number of phenolic OH excluding ortho intramolecular Hbond substituents is 4. The summed E-state index contributed by atoms with van der Waals surface area (Å²) in [6.07, 6.45) is 0. The van der Waals surface area contributed by atoms with Gasteiger partial charge in [0.2, 0.25) is 0 Å². The van der Waals surface area contributed by atoms with Crippen molar-refractivity contribution in [3.8, 4) is 45.3 Å². The van der Waals surface area contributed by atoms with Crippen molar-refractivity contribution in [1.82, 2.24) is 0 Å². The molecule has 9 rings (SSSR count). The standard InChI is InChI=1S/C42H26O5.2U/c1-21-31(43)19-33(45)40-36(21)38(26-12-11-23-7-3-4-9-25(23)17-26)37-22(2)32(44)20-34(46)41(37)39(40)27-14-15-29-30-16-13-24-8-5-6-10-28(24)42(30)47-35(29)18-27;;/h3-18,43-46H,1-2H3;;/q-2;;. The summed E-state index contributed by atoms with van der Waals surface area (Å²) in [5.41, 5.74) is 5.08. The van der Waals surface area contributed by atoms with Crippen LogP contribution < -0.4 is 0 Å². The zero-order valence-corrected chi connectivity index (χ0v) is 34.8. The largest absolute Gasteiger partial charge is 0.534 e. The molecule has 0 saturated carbocycles. The first kappa shape index (κ1) is 33.4. The monoisotopic (exact) mass is 1090 g/mol. The normalized spacial score (nSPS) is 11.5. The van der Waals surface area contributed by atoms with Gasteiger partial charge >= 0.3 is 0 Å². The van der Waals surface area contributed by atoms with Crippen molar-refractivity contribution in [3.05, 3.63) is 120 Å². The number of phenols is 4. The van der Waals surface area contributed by atoms with E-state index < -0.39 is 0 Å². The van der Waals surface area contributed by atoms with E-state index in [-0.39, 0.29) is 85.2 Å². The van der Waals surface area contributed by atoms with Crippen LogP contribution in [0.3, 0.4) is 0 Å². The van der Waals surface area contributed by atoms with E-state index in [1.807, 2.05) is 78.9 Å². The molecule has 0 bridgehead atoms. The predicted molar refractivity (Wildman–Crippen MR) is 188 cm³/mol. The first-order valence-corrected chi connectivity index (χ1v) is 15.3. The fourth-order valence-corrected chi connectivity index (χ4v) is 7.33. The predicted octanol–water partition coefficient (Wildman–Crippen LogP) is 10.6. The molecule has 0 aliphatic carbocycles. The quantitative estimate of drug-likeness (QED) is 0.102. The number of fused-ring (bicyclic) bond motifs is 8. The minimum atomic E-state index is -0.261. The molecule has 9 aromatic rings. The molecule has 0 unspecified atom stereocenters. The Morgan fingerprint density at radius 1 is 0.469 bits per heavy atom. The van der Waals surface area contributed by atoms with E-state index in [1.54, 1.807) is 13.8 Å². The van der Waals surface area contributed by atoms with Crippen LogP contribution in [0.1, 0.15) is 11.1 Å². The molecule has 0 aliphatic rings. The molecule has 0 radical (unpaired) electrons. The van der Waals surface area contributed by atoms with E-state index >= 15 is 0 Å². The number of aromatic hydroxyl groups is 4. The maximum atomic E-state index is 11.6. The van der Waals surface area contributed by atoms with Crippen molar-refractivity contribution in [1.29, 1.82) is 0 Å². The third-order valence-corrected chi connectivity index (χ3v) is 9.60. The van der Waals surface area contributed by atoms with Gasteiger partial charge < -0.3 is 24.8 Å². The van der Waals surface area contributed by atoms with Crippen LogP contribution in [0.5, 0.6) is 23.0 Å². The summed E-state index contributed by atoms with van der Waals surface area (Å²) in [6, 6.07) is 37.6. The van der Waals surface area contributed by atoms with E-state index in [9.17, 15) is 20.4 Å². The number of furan rings is 1. The summed E-state index contributed by atoms with van der Waals surface area (Å²) in [7, 11) is 0. The van der Waals surface area contributed by atoms with E-state index in [2.05, 4.69) is 30.3 Å². The minimum absolute atomic E-state index is 0. The van der Waals surface area contributed by atoms with Gasteiger partial charge in [0.15, 0.2) is 0 Å². The Bertz CT molecular complexity index is 2740. The first-order chi connectivity index (χ1) is 22.8. The Hall–Kier alpha value is -4.10. The zero-order chi connectivity index (χ0) is 32.1. The fraction of sp³-hybridized carbons (Fsp3) is 0.0476. The topological polar surface area (TPSA) is 94.1 Å². The summed E-state index contributed by atoms with van der Waals surface area (Å²) < 4.78 is 6.51. The Kier molecular flexibility index (Phi) is 8.42. The molecule has 49 heavy (non-hydrogen) atoms.